The van der Waals surface area contributed by atoms with Crippen LogP contribution in [0.3, 0.4) is 0 Å². The second-order valence-corrected chi connectivity index (χ2v) is 7.06. The van der Waals surface area contributed by atoms with E-state index >= 15 is 0 Å². The summed E-state index contributed by atoms with van der Waals surface area (Å²) in [5, 5.41) is 2.87. The molecule has 0 saturated heterocycles. The van der Waals surface area contributed by atoms with E-state index < -0.39 is 6.04 Å². The minimum absolute atomic E-state index is 0.175. The maximum Gasteiger partial charge on any atom is 0.254 e. The number of hydrogen-bond donors (Lipinski definition) is 1. The molecule has 0 aliphatic carbocycles. The Kier molecular flexibility index (Phi) is 5.38. The lowest BCUT2D eigenvalue weighted by Crippen LogP contribution is -2.47. The van der Waals surface area contributed by atoms with Crippen LogP contribution in [0.15, 0.2) is 78.9 Å². The Morgan fingerprint density at radius 2 is 1.72 bits per heavy atom. The molecule has 1 atom stereocenters. The van der Waals surface area contributed by atoms with E-state index in [1.165, 1.54) is 12.1 Å². The van der Waals surface area contributed by atoms with Gasteiger partial charge in [0.25, 0.3) is 5.91 Å². The molecule has 0 saturated carbocycles. The van der Waals surface area contributed by atoms with Gasteiger partial charge in [-0.25, -0.2) is 4.39 Å². The van der Waals surface area contributed by atoms with Crippen molar-refractivity contribution >= 4 is 11.8 Å². The lowest BCUT2D eigenvalue weighted by molar-refractivity contribution is -0.126. The molecule has 2 amide bonds. The third kappa shape index (κ3) is 4.04. The average molecular weight is 388 g/mol. The van der Waals surface area contributed by atoms with Gasteiger partial charge in [0, 0.05) is 18.7 Å². The van der Waals surface area contributed by atoms with Gasteiger partial charge in [-0.3, -0.25) is 9.59 Å². The number of amides is 2. The van der Waals surface area contributed by atoms with E-state index in [9.17, 15) is 14.0 Å². The summed E-state index contributed by atoms with van der Waals surface area (Å²) in [6, 6.07) is 22.1. The third-order valence-corrected chi connectivity index (χ3v) is 5.17. The molecule has 0 radical (unpaired) electrons. The number of fused-ring (bicyclic) bond motifs is 1. The molecule has 3 aromatic carbocycles. The van der Waals surface area contributed by atoms with Crippen molar-refractivity contribution in [1.82, 2.24) is 10.2 Å². The third-order valence-electron chi connectivity index (χ3n) is 5.17. The highest BCUT2D eigenvalue weighted by atomic mass is 19.1. The Morgan fingerprint density at radius 3 is 2.52 bits per heavy atom. The van der Waals surface area contributed by atoms with Gasteiger partial charge in [-0.15, -0.1) is 0 Å². The van der Waals surface area contributed by atoms with Crippen LogP contribution in [0, 0.1) is 5.82 Å². The summed E-state index contributed by atoms with van der Waals surface area (Å²) < 4.78 is 13.4. The van der Waals surface area contributed by atoms with Crippen molar-refractivity contribution in [2.45, 2.75) is 19.0 Å². The maximum atomic E-state index is 13.4. The summed E-state index contributed by atoms with van der Waals surface area (Å²) in [7, 11) is 0. The Balaban J connectivity index is 1.61. The van der Waals surface area contributed by atoms with Crippen LogP contribution >= 0.6 is 0 Å². The van der Waals surface area contributed by atoms with Gasteiger partial charge in [0.2, 0.25) is 5.91 Å². The molecule has 0 spiro atoms. The average Bonchev–Trinajstić information content (AvgIpc) is 2.77. The molecule has 1 heterocycles. The Labute approximate surface area is 169 Å². The molecule has 5 heteroatoms. The largest absolute Gasteiger partial charge is 0.350 e. The lowest BCUT2D eigenvalue weighted by atomic mass is 9.91. The van der Waals surface area contributed by atoms with Gasteiger partial charge in [-0.2, -0.15) is 0 Å². The maximum absolute atomic E-state index is 13.4. The summed E-state index contributed by atoms with van der Waals surface area (Å²) in [5.74, 6) is -0.794. The molecule has 1 N–H and O–H groups in total. The standard InChI is InChI=1S/C24H21FN2O2/c25-20-11-6-7-17(15-20)16-26-23(28)22-21-12-5-4-8-18(21)13-14-27(22)24(29)19-9-2-1-3-10-19/h1-12,15,22H,13-14,16H2,(H,26,28)/t22-/m1/s1. The topological polar surface area (TPSA) is 49.4 Å². The highest BCUT2D eigenvalue weighted by Crippen LogP contribution is 2.31. The molecule has 29 heavy (non-hydrogen) atoms. The molecule has 4 rings (SSSR count). The Bertz CT molecular complexity index is 1040. The van der Waals surface area contributed by atoms with Gasteiger partial charge in [-0.05, 0) is 47.4 Å². The van der Waals surface area contributed by atoms with E-state index in [0.29, 0.717) is 24.1 Å². The van der Waals surface area contributed by atoms with Gasteiger partial charge < -0.3 is 10.2 Å². The fraction of sp³-hybridized carbons (Fsp3) is 0.167. The molecule has 4 nitrogen and oxygen atoms in total. The fourth-order valence-corrected chi connectivity index (χ4v) is 3.75. The normalized spacial score (nSPS) is 15.5. The van der Waals surface area contributed by atoms with Crippen LogP contribution in [-0.2, 0) is 17.8 Å². The quantitative estimate of drug-likeness (QED) is 0.737. The summed E-state index contributed by atoms with van der Waals surface area (Å²) >= 11 is 0. The number of hydrogen-bond acceptors (Lipinski definition) is 2. The monoisotopic (exact) mass is 388 g/mol. The van der Waals surface area contributed by atoms with Crippen LogP contribution in [0.4, 0.5) is 4.39 Å². The number of carbonyl (C=O) groups excluding carboxylic acids is 2. The molecule has 0 unspecified atom stereocenters. The summed E-state index contributed by atoms with van der Waals surface area (Å²) in [5.41, 5.74) is 3.12. The number of nitrogens with zero attached hydrogens (tertiary/aromatic N) is 1. The first-order chi connectivity index (χ1) is 14.1. The van der Waals surface area contributed by atoms with Crippen LogP contribution in [0.1, 0.15) is 33.1 Å². The van der Waals surface area contributed by atoms with Crippen molar-refractivity contribution in [3.05, 3.63) is 107 Å². The van der Waals surface area contributed by atoms with E-state index in [0.717, 1.165) is 11.1 Å². The first-order valence-corrected chi connectivity index (χ1v) is 9.59. The molecule has 1 aliphatic heterocycles. The van der Waals surface area contributed by atoms with Crippen LogP contribution in [0.25, 0.3) is 0 Å². The molecular weight excluding hydrogens is 367 g/mol. The minimum Gasteiger partial charge on any atom is -0.350 e. The van der Waals surface area contributed by atoms with Crippen LogP contribution < -0.4 is 5.32 Å². The van der Waals surface area contributed by atoms with Crippen LogP contribution in [-0.4, -0.2) is 23.3 Å². The van der Waals surface area contributed by atoms with Crippen molar-refractivity contribution in [1.29, 1.82) is 0 Å². The van der Waals surface area contributed by atoms with Crippen LogP contribution in [0.5, 0.6) is 0 Å². The van der Waals surface area contributed by atoms with Gasteiger partial charge in [0.15, 0.2) is 0 Å². The number of benzene rings is 3. The summed E-state index contributed by atoms with van der Waals surface area (Å²) in [6.45, 7) is 0.658. The predicted molar refractivity (Wildman–Crippen MR) is 109 cm³/mol. The van der Waals surface area contributed by atoms with Gasteiger partial charge in [0.05, 0.1) is 0 Å². The smallest absolute Gasteiger partial charge is 0.254 e. The van der Waals surface area contributed by atoms with Crippen molar-refractivity contribution in [3.8, 4) is 0 Å². The second-order valence-electron chi connectivity index (χ2n) is 7.06. The van der Waals surface area contributed by atoms with Gasteiger partial charge in [0.1, 0.15) is 11.9 Å². The predicted octanol–water partition coefficient (Wildman–Crippen LogP) is 3.88. The molecule has 146 valence electrons. The van der Waals surface area contributed by atoms with Gasteiger partial charge >= 0.3 is 0 Å². The first-order valence-electron chi connectivity index (χ1n) is 9.59. The molecule has 0 fully saturated rings. The Hall–Kier alpha value is -3.47. The zero-order chi connectivity index (χ0) is 20.2. The summed E-state index contributed by atoms with van der Waals surface area (Å²) in [6.07, 6.45) is 0.697. The van der Waals surface area contributed by atoms with Crippen molar-refractivity contribution in [3.63, 3.8) is 0 Å². The van der Waals surface area contributed by atoms with E-state index in [2.05, 4.69) is 5.32 Å². The molecule has 3 aromatic rings. The number of rotatable bonds is 4. The van der Waals surface area contributed by atoms with E-state index in [-0.39, 0.29) is 24.2 Å². The number of halogens is 1. The highest BCUT2D eigenvalue weighted by molar-refractivity contribution is 5.98. The number of carbonyl (C=O) groups is 2. The first kappa shape index (κ1) is 18.9. The molecule has 0 aromatic heterocycles. The molecule has 1 aliphatic rings. The number of nitrogens with one attached hydrogen (secondary N) is 1. The van der Waals surface area contributed by atoms with Crippen molar-refractivity contribution in [2.24, 2.45) is 0 Å². The fourth-order valence-electron chi connectivity index (χ4n) is 3.75. The van der Waals surface area contributed by atoms with Crippen molar-refractivity contribution in [2.75, 3.05) is 6.54 Å². The van der Waals surface area contributed by atoms with Gasteiger partial charge in [-0.1, -0.05) is 54.6 Å². The van der Waals surface area contributed by atoms with Crippen molar-refractivity contribution < 1.29 is 14.0 Å². The molecular formula is C24H21FN2O2. The zero-order valence-corrected chi connectivity index (χ0v) is 15.8. The SMILES string of the molecule is O=C(NCc1cccc(F)c1)[C@H]1c2ccccc2CCN1C(=O)c1ccccc1. The zero-order valence-electron chi connectivity index (χ0n) is 15.8. The lowest BCUT2D eigenvalue weighted by Gasteiger charge is -2.36. The second kappa shape index (κ2) is 8.27. The highest BCUT2D eigenvalue weighted by Gasteiger charge is 2.36. The van der Waals surface area contributed by atoms with E-state index in [4.69, 9.17) is 0 Å². The van der Waals surface area contributed by atoms with Crippen LogP contribution in [0.2, 0.25) is 0 Å². The summed E-state index contributed by atoms with van der Waals surface area (Å²) in [4.78, 5) is 27.9. The van der Waals surface area contributed by atoms with E-state index in [1.54, 1.807) is 29.2 Å². The minimum atomic E-state index is -0.721. The van der Waals surface area contributed by atoms with E-state index in [1.807, 2.05) is 42.5 Å². The Morgan fingerprint density at radius 1 is 0.966 bits per heavy atom. The molecule has 0 bridgehead atoms.